The number of aryl methyl sites for hydroxylation is 2. The van der Waals surface area contributed by atoms with Crippen molar-refractivity contribution in [3.8, 4) is 5.75 Å². The molecule has 150 valence electrons. The Morgan fingerprint density at radius 1 is 1.07 bits per heavy atom. The first-order chi connectivity index (χ1) is 13.3. The summed E-state index contributed by atoms with van der Waals surface area (Å²) in [4.78, 5) is 20.4. The van der Waals surface area contributed by atoms with Gasteiger partial charge in [-0.25, -0.2) is 4.99 Å². The van der Waals surface area contributed by atoms with Gasteiger partial charge in [0.1, 0.15) is 5.75 Å². The lowest BCUT2D eigenvalue weighted by Gasteiger charge is -2.61. The maximum absolute atomic E-state index is 13.8. The molecule has 4 saturated carbocycles. The number of nitrogens with zero attached hydrogens (tertiary/aromatic N) is 2. The molecule has 5 heteroatoms. The molecule has 1 aromatic rings. The first-order valence-corrected chi connectivity index (χ1v) is 10.6. The van der Waals surface area contributed by atoms with Crippen LogP contribution in [0.1, 0.15) is 55.2 Å². The van der Waals surface area contributed by atoms with E-state index in [4.69, 9.17) is 15.5 Å². The molecule has 1 amide bonds. The van der Waals surface area contributed by atoms with Gasteiger partial charge in [-0.15, -0.1) is 0 Å². The molecule has 2 N–H and O–H groups in total. The number of amides is 1. The summed E-state index contributed by atoms with van der Waals surface area (Å²) in [6.07, 6.45) is 7.29. The number of nitrogens with two attached hydrogens (primary N) is 1. The highest BCUT2D eigenvalue weighted by molar-refractivity contribution is 6.07. The van der Waals surface area contributed by atoms with Crippen molar-refractivity contribution in [2.45, 2.75) is 57.9 Å². The van der Waals surface area contributed by atoms with Gasteiger partial charge in [0.2, 0.25) is 0 Å². The number of aliphatic imine (C=N–C) groups is 1. The summed E-state index contributed by atoms with van der Waals surface area (Å²) in [7, 11) is 3.47. The van der Waals surface area contributed by atoms with Gasteiger partial charge in [0, 0.05) is 12.5 Å². The largest absolute Gasteiger partial charge is 0.496 e. The average molecular weight is 382 g/mol. The number of likely N-dealkylation sites (N-methyl/N-ethyl adjacent to an activating group) is 1. The number of carbonyl (C=O) groups excluding carboxylic acids is 1. The van der Waals surface area contributed by atoms with Crippen LogP contribution in [-0.4, -0.2) is 30.9 Å². The molecule has 1 aliphatic heterocycles. The Hall–Kier alpha value is -2.04. The van der Waals surface area contributed by atoms with Gasteiger partial charge in [0.15, 0.2) is 11.5 Å². The fraction of sp³-hybridized carbons (Fsp3) is 0.652. The van der Waals surface area contributed by atoms with Crippen molar-refractivity contribution < 1.29 is 9.53 Å². The molecule has 4 aliphatic carbocycles. The van der Waals surface area contributed by atoms with E-state index in [1.165, 1.54) is 19.3 Å². The zero-order valence-electron chi connectivity index (χ0n) is 17.4. The fourth-order valence-electron chi connectivity index (χ4n) is 7.52. The number of ether oxygens (including phenoxy) is 1. The van der Waals surface area contributed by atoms with Crippen LogP contribution in [0.25, 0.3) is 0 Å². The normalized spacial score (nSPS) is 38.9. The van der Waals surface area contributed by atoms with E-state index in [1.807, 2.05) is 0 Å². The molecule has 0 spiro atoms. The zero-order chi connectivity index (χ0) is 19.8. The second-order valence-corrected chi connectivity index (χ2v) is 9.89. The van der Waals surface area contributed by atoms with Gasteiger partial charge in [-0.1, -0.05) is 0 Å². The summed E-state index contributed by atoms with van der Waals surface area (Å²) < 4.78 is 5.59. The minimum atomic E-state index is -0.885. The van der Waals surface area contributed by atoms with E-state index in [1.54, 1.807) is 19.1 Å². The third kappa shape index (κ3) is 2.13. The number of methoxy groups -OCH3 is 1. The SMILES string of the molecule is COc1c(C)cc(C2(C34CC5CC(CC(C5)C3)C4)N=C(N)N(C)C2=O)cc1C. The molecular formula is C23H31N3O2. The lowest BCUT2D eigenvalue weighted by molar-refractivity contribution is -0.149. The van der Waals surface area contributed by atoms with E-state index in [2.05, 4.69) is 26.0 Å². The van der Waals surface area contributed by atoms with E-state index in [0.29, 0.717) is 5.96 Å². The van der Waals surface area contributed by atoms with E-state index in [9.17, 15) is 4.79 Å². The lowest BCUT2D eigenvalue weighted by Crippen LogP contribution is -2.59. The predicted molar refractivity (Wildman–Crippen MR) is 109 cm³/mol. The lowest BCUT2D eigenvalue weighted by atomic mass is 9.43. The Labute approximate surface area is 167 Å². The van der Waals surface area contributed by atoms with Crippen LogP contribution in [0.3, 0.4) is 0 Å². The minimum Gasteiger partial charge on any atom is -0.496 e. The van der Waals surface area contributed by atoms with E-state index in [0.717, 1.165) is 59.5 Å². The second kappa shape index (κ2) is 5.74. The summed E-state index contributed by atoms with van der Waals surface area (Å²) in [5.74, 6) is 3.50. The molecule has 0 aromatic heterocycles. The first-order valence-electron chi connectivity index (χ1n) is 10.6. The molecule has 6 rings (SSSR count). The Bertz CT molecular complexity index is 832. The van der Waals surface area contributed by atoms with Gasteiger partial charge < -0.3 is 10.5 Å². The standard InChI is InChI=1S/C23H31N3O2/c1-13-5-18(6-14(2)19(13)28-4)23(20(27)26(3)21(24)25-23)22-10-15-7-16(11-22)9-17(8-15)12-22/h5-6,15-17H,7-12H2,1-4H3,(H2,24,25). The Balaban J connectivity index is 1.74. The molecule has 1 atom stereocenters. The Morgan fingerprint density at radius 3 is 1.96 bits per heavy atom. The number of guanidine groups is 1. The molecule has 4 fully saturated rings. The van der Waals surface area contributed by atoms with Gasteiger partial charge in [-0.2, -0.15) is 0 Å². The van der Waals surface area contributed by atoms with Crippen LogP contribution < -0.4 is 10.5 Å². The van der Waals surface area contributed by atoms with E-state index < -0.39 is 5.54 Å². The molecule has 0 radical (unpaired) electrons. The van der Waals surface area contributed by atoms with Gasteiger partial charge in [0.25, 0.3) is 5.91 Å². The molecule has 0 saturated heterocycles. The van der Waals surface area contributed by atoms with Gasteiger partial charge in [-0.05, 0) is 98.9 Å². The first kappa shape index (κ1) is 18.0. The van der Waals surface area contributed by atoms with Crippen LogP contribution in [0.4, 0.5) is 0 Å². The van der Waals surface area contributed by atoms with Gasteiger partial charge in [-0.3, -0.25) is 9.69 Å². The second-order valence-electron chi connectivity index (χ2n) is 9.89. The maximum Gasteiger partial charge on any atom is 0.262 e. The summed E-state index contributed by atoms with van der Waals surface area (Å²) in [5.41, 5.74) is 8.38. The quantitative estimate of drug-likeness (QED) is 0.871. The topological polar surface area (TPSA) is 67.9 Å². The molecule has 1 heterocycles. The molecular weight excluding hydrogens is 350 g/mol. The van der Waals surface area contributed by atoms with E-state index >= 15 is 0 Å². The van der Waals surface area contributed by atoms with Crippen LogP contribution in [0.2, 0.25) is 0 Å². The van der Waals surface area contributed by atoms with Crippen molar-refractivity contribution in [1.29, 1.82) is 0 Å². The van der Waals surface area contributed by atoms with Crippen LogP contribution in [0.15, 0.2) is 17.1 Å². The average Bonchev–Trinajstić information content (AvgIpc) is 2.86. The molecule has 1 unspecified atom stereocenters. The van der Waals surface area contributed by atoms with Crippen LogP contribution in [0, 0.1) is 37.0 Å². The van der Waals surface area contributed by atoms with Gasteiger partial charge >= 0.3 is 0 Å². The summed E-state index contributed by atoms with van der Waals surface area (Å²) in [6, 6.07) is 4.25. The van der Waals surface area contributed by atoms with Crippen molar-refractivity contribution >= 4 is 11.9 Å². The number of hydrogen-bond donors (Lipinski definition) is 1. The molecule has 5 nitrogen and oxygen atoms in total. The molecule has 28 heavy (non-hydrogen) atoms. The molecule has 4 bridgehead atoms. The van der Waals surface area contributed by atoms with Gasteiger partial charge in [0.05, 0.1) is 7.11 Å². The number of rotatable bonds is 3. The molecule has 5 aliphatic rings. The Kier molecular flexibility index (Phi) is 3.69. The summed E-state index contributed by atoms with van der Waals surface area (Å²) >= 11 is 0. The van der Waals surface area contributed by atoms with Crippen molar-refractivity contribution in [2.75, 3.05) is 14.2 Å². The van der Waals surface area contributed by atoms with Crippen molar-refractivity contribution in [3.63, 3.8) is 0 Å². The number of benzene rings is 1. The van der Waals surface area contributed by atoms with Crippen molar-refractivity contribution in [2.24, 2.45) is 33.9 Å². The Morgan fingerprint density at radius 2 is 1.57 bits per heavy atom. The molecule has 1 aromatic carbocycles. The third-order valence-electron chi connectivity index (χ3n) is 8.13. The van der Waals surface area contributed by atoms with Crippen LogP contribution >= 0.6 is 0 Å². The fourth-order valence-corrected chi connectivity index (χ4v) is 7.52. The van der Waals surface area contributed by atoms with Crippen LogP contribution in [-0.2, 0) is 10.3 Å². The van der Waals surface area contributed by atoms with Crippen LogP contribution in [0.5, 0.6) is 5.75 Å². The predicted octanol–water partition coefficient (Wildman–Crippen LogP) is 3.51. The highest BCUT2D eigenvalue weighted by Gasteiger charge is 2.67. The maximum atomic E-state index is 13.8. The number of carbonyl (C=O) groups is 1. The van der Waals surface area contributed by atoms with Crippen molar-refractivity contribution in [3.05, 3.63) is 28.8 Å². The summed E-state index contributed by atoms with van der Waals surface area (Å²) in [5, 5.41) is 0. The van der Waals surface area contributed by atoms with Crippen molar-refractivity contribution in [1.82, 2.24) is 4.90 Å². The highest BCUT2D eigenvalue weighted by Crippen LogP contribution is 2.68. The smallest absolute Gasteiger partial charge is 0.262 e. The van der Waals surface area contributed by atoms with E-state index in [-0.39, 0.29) is 11.3 Å². The zero-order valence-corrected chi connectivity index (χ0v) is 17.4. The monoisotopic (exact) mass is 381 g/mol. The number of hydrogen-bond acceptors (Lipinski definition) is 4. The summed E-state index contributed by atoms with van der Waals surface area (Å²) in [6.45, 7) is 4.11. The third-order valence-corrected chi connectivity index (χ3v) is 8.13. The highest BCUT2D eigenvalue weighted by atomic mass is 16.5. The minimum absolute atomic E-state index is 0.0518.